The Kier molecular flexibility index (Phi) is 9.42. The van der Waals surface area contributed by atoms with Crippen LogP contribution in [0.15, 0.2) is 11.3 Å². The molecule has 0 heterocycles. The number of esters is 1. The van der Waals surface area contributed by atoms with Crippen molar-refractivity contribution in [2.45, 2.75) is 33.6 Å². The van der Waals surface area contributed by atoms with Gasteiger partial charge < -0.3 is 9.84 Å². The Morgan fingerprint density at radius 1 is 1.27 bits per heavy atom. The first-order valence-electron chi connectivity index (χ1n) is 4.58. The minimum atomic E-state index is -0.633. The van der Waals surface area contributed by atoms with Gasteiger partial charge in [0.05, 0.1) is 12.2 Å². The molecule has 1 N–H and O–H groups in total. The van der Waals surface area contributed by atoms with Gasteiger partial charge in [-0.1, -0.05) is 13.3 Å². The maximum absolute atomic E-state index is 11.2. The third kappa shape index (κ3) is 6.31. The summed E-state index contributed by atoms with van der Waals surface area (Å²) >= 11 is 0. The Bertz CT molecular complexity index is 258. The number of hydrogen-bond acceptors (Lipinski definition) is 4. The van der Waals surface area contributed by atoms with Crippen LogP contribution in [0.1, 0.15) is 33.6 Å². The average Bonchev–Trinajstić information content (AvgIpc) is 2.15. The number of hydrogen-bond donors (Lipinski definition) is 1. The molecule has 0 rings (SSSR count). The van der Waals surface area contributed by atoms with E-state index in [0.29, 0.717) is 6.61 Å². The Morgan fingerprint density at radius 2 is 1.80 bits per heavy atom. The summed E-state index contributed by atoms with van der Waals surface area (Å²) in [4.78, 5) is 21.9. The maximum Gasteiger partial charge on any atom is 0.337 e. The molecule has 5 heteroatoms. The summed E-state index contributed by atoms with van der Waals surface area (Å²) < 4.78 is 4.81. The van der Waals surface area contributed by atoms with Gasteiger partial charge in [-0.15, -0.1) is 0 Å². The van der Waals surface area contributed by atoms with Crippen molar-refractivity contribution in [3.63, 3.8) is 0 Å². The van der Waals surface area contributed by atoms with Crippen LogP contribution in [0, 0.1) is 0 Å². The molecule has 1 radical (unpaired) electrons. The molecule has 0 aliphatic heterocycles. The number of aliphatic hydroxyl groups is 1. The molecule has 0 aliphatic rings. The van der Waals surface area contributed by atoms with Crippen molar-refractivity contribution < 1.29 is 36.5 Å². The van der Waals surface area contributed by atoms with Crippen molar-refractivity contribution in [2.24, 2.45) is 0 Å². The molecule has 0 saturated heterocycles. The molecule has 15 heavy (non-hydrogen) atoms. The van der Waals surface area contributed by atoms with E-state index in [1.165, 1.54) is 13.8 Å². The van der Waals surface area contributed by atoms with Crippen molar-refractivity contribution in [3.8, 4) is 0 Å². The van der Waals surface area contributed by atoms with Crippen LogP contribution in [0.2, 0.25) is 0 Å². The molecular formula is C10H16CuO4. The average molecular weight is 264 g/mol. The smallest absolute Gasteiger partial charge is 0.337 e. The zero-order chi connectivity index (χ0) is 11.1. The van der Waals surface area contributed by atoms with E-state index in [0.717, 1.165) is 12.8 Å². The van der Waals surface area contributed by atoms with Gasteiger partial charge >= 0.3 is 5.97 Å². The molecule has 0 aromatic rings. The summed E-state index contributed by atoms with van der Waals surface area (Å²) in [5.41, 5.74) is -0.0337. The van der Waals surface area contributed by atoms with Crippen LogP contribution in [0.25, 0.3) is 0 Å². The first-order chi connectivity index (χ1) is 6.50. The van der Waals surface area contributed by atoms with Gasteiger partial charge in [-0.2, -0.15) is 0 Å². The number of ether oxygens (including phenoxy) is 1. The number of Topliss-reactive ketones (excluding diaryl/α,β-unsaturated/α-hetero) is 1. The normalized spacial score (nSPS) is 11.1. The fourth-order valence-electron chi connectivity index (χ4n) is 0.778. The van der Waals surface area contributed by atoms with E-state index in [1.54, 1.807) is 0 Å². The van der Waals surface area contributed by atoms with Gasteiger partial charge in [0.15, 0.2) is 11.5 Å². The Hall–Kier alpha value is -0.801. The topological polar surface area (TPSA) is 63.6 Å². The summed E-state index contributed by atoms with van der Waals surface area (Å²) in [6, 6.07) is 0. The molecule has 4 nitrogen and oxygen atoms in total. The van der Waals surface area contributed by atoms with Gasteiger partial charge in [-0.05, 0) is 13.3 Å². The summed E-state index contributed by atoms with van der Waals surface area (Å²) in [5, 5.41) is 9.15. The van der Waals surface area contributed by atoms with Crippen LogP contribution < -0.4 is 0 Å². The van der Waals surface area contributed by atoms with Crippen molar-refractivity contribution in [1.82, 2.24) is 0 Å². The van der Waals surface area contributed by atoms with E-state index < -0.39 is 17.5 Å². The van der Waals surface area contributed by atoms with Gasteiger partial charge in [-0.25, -0.2) is 4.79 Å². The van der Waals surface area contributed by atoms with Gasteiger partial charge in [0, 0.05) is 24.0 Å². The third-order valence-electron chi connectivity index (χ3n) is 1.73. The number of rotatable bonds is 5. The molecule has 91 valence electrons. The second-order valence-electron chi connectivity index (χ2n) is 3.02. The van der Waals surface area contributed by atoms with Crippen molar-refractivity contribution in [1.29, 1.82) is 0 Å². The minimum absolute atomic E-state index is 0. The summed E-state index contributed by atoms with van der Waals surface area (Å²) in [5.74, 6) is -1.69. The molecule has 0 aromatic carbocycles. The first kappa shape index (κ1) is 16.6. The predicted molar refractivity (Wildman–Crippen MR) is 51.9 cm³/mol. The van der Waals surface area contributed by atoms with E-state index in [2.05, 4.69) is 0 Å². The fraction of sp³-hybridized carbons (Fsp3) is 0.600. The van der Waals surface area contributed by atoms with Crippen molar-refractivity contribution in [2.75, 3.05) is 6.61 Å². The molecular weight excluding hydrogens is 248 g/mol. The predicted octanol–water partition coefficient (Wildman–Crippen LogP) is 1.75. The van der Waals surface area contributed by atoms with Crippen molar-refractivity contribution >= 4 is 11.8 Å². The summed E-state index contributed by atoms with van der Waals surface area (Å²) in [7, 11) is 0. The van der Waals surface area contributed by atoms with Crippen LogP contribution in [0.5, 0.6) is 0 Å². The number of ketones is 1. The molecule has 0 saturated carbocycles. The zero-order valence-corrected chi connectivity index (χ0v) is 10.0. The third-order valence-corrected chi connectivity index (χ3v) is 1.73. The maximum atomic E-state index is 11.2. The van der Waals surface area contributed by atoms with E-state index in [-0.39, 0.29) is 22.6 Å². The fourth-order valence-corrected chi connectivity index (χ4v) is 0.778. The summed E-state index contributed by atoms with van der Waals surface area (Å²) in [6.45, 7) is 4.85. The Balaban J connectivity index is 0. The molecule has 0 aliphatic carbocycles. The molecule has 0 aromatic heterocycles. The van der Waals surface area contributed by atoms with E-state index >= 15 is 0 Å². The Labute approximate surface area is 100 Å². The summed E-state index contributed by atoms with van der Waals surface area (Å²) in [6.07, 6.45) is 1.70. The zero-order valence-electron chi connectivity index (χ0n) is 9.09. The van der Waals surface area contributed by atoms with Crippen LogP contribution in [-0.2, 0) is 31.4 Å². The molecule has 0 spiro atoms. The first-order valence-corrected chi connectivity index (χ1v) is 4.58. The van der Waals surface area contributed by atoms with Crippen LogP contribution >= 0.6 is 0 Å². The number of aliphatic hydroxyl groups excluding tert-OH is 1. The van der Waals surface area contributed by atoms with Gasteiger partial charge in [0.2, 0.25) is 0 Å². The number of carbonyl (C=O) groups excluding carboxylic acids is 2. The molecule has 0 amide bonds. The molecule has 0 fully saturated rings. The second kappa shape index (κ2) is 8.50. The molecule has 0 bridgehead atoms. The minimum Gasteiger partial charge on any atom is -0.504 e. The largest absolute Gasteiger partial charge is 0.504 e. The molecule has 0 atom stereocenters. The quantitative estimate of drug-likeness (QED) is 0.270. The molecule has 0 unspecified atom stereocenters. The number of allylic oxidation sites excluding steroid dienone is 1. The SMILES string of the molecule is CCCCOC(=O)/C(C)=C(\O)C(C)=O.[Cu]. The van der Waals surface area contributed by atoms with Crippen LogP contribution in [0.3, 0.4) is 0 Å². The van der Waals surface area contributed by atoms with E-state index in [4.69, 9.17) is 9.84 Å². The van der Waals surface area contributed by atoms with Gasteiger partial charge in [0.1, 0.15) is 0 Å². The monoisotopic (exact) mass is 263 g/mol. The van der Waals surface area contributed by atoms with Crippen molar-refractivity contribution in [3.05, 3.63) is 11.3 Å². The Morgan fingerprint density at radius 3 is 2.20 bits per heavy atom. The standard InChI is InChI=1S/C10H16O4.Cu/c1-4-5-6-14-10(13)7(2)9(12)8(3)11;/h12H,4-6H2,1-3H3;/b9-7-;. The van der Waals surface area contributed by atoms with E-state index in [9.17, 15) is 9.59 Å². The van der Waals surface area contributed by atoms with Crippen LogP contribution in [0.4, 0.5) is 0 Å². The number of unbranched alkanes of at least 4 members (excludes halogenated alkanes) is 1. The van der Waals surface area contributed by atoms with Gasteiger partial charge in [0.25, 0.3) is 0 Å². The van der Waals surface area contributed by atoms with Crippen LogP contribution in [-0.4, -0.2) is 23.5 Å². The van der Waals surface area contributed by atoms with E-state index in [1.807, 2.05) is 6.92 Å². The van der Waals surface area contributed by atoms with Gasteiger partial charge in [-0.3, -0.25) is 4.79 Å². The number of carbonyl (C=O) groups is 2. The second-order valence-corrected chi connectivity index (χ2v) is 3.02.